The zero-order valence-electron chi connectivity index (χ0n) is 12.0. The summed E-state index contributed by atoms with van der Waals surface area (Å²) in [5, 5.41) is 9.12. The summed E-state index contributed by atoms with van der Waals surface area (Å²) in [5.74, 6) is 1.10. The molecule has 1 aliphatic heterocycles. The van der Waals surface area contributed by atoms with Crippen LogP contribution in [0.15, 0.2) is 12.1 Å². The van der Waals surface area contributed by atoms with Crippen molar-refractivity contribution >= 4 is 17.0 Å². The SMILES string of the molecule is CN(C)Cc1nc2cc3c(cc2n1CC(=O)O)OCCO3. The summed E-state index contributed by atoms with van der Waals surface area (Å²) in [4.78, 5) is 17.6. The van der Waals surface area contributed by atoms with Gasteiger partial charge in [0.1, 0.15) is 25.6 Å². The summed E-state index contributed by atoms with van der Waals surface area (Å²) < 4.78 is 12.8. The van der Waals surface area contributed by atoms with Gasteiger partial charge in [0.25, 0.3) is 0 Å². The van der Waals surface area contributed by atoms with E-state index in [1.54, 1.807) is 16.7 Å². The molecule has 1 aromatic heterocycles. The number of nitrogens with zero attached hydrogens (tertiary/aromatic N) is 3. The predicted molar refractivity (Wildman–Crippen MR) is 75.7 cm³/mol. The second-order valence-electron chi connectivity index (χ2n) is 5.23. The van der Waals surface area contributed by atoms with Crippen LogP contribution in [0.3, 0.4) is 0 Å². The molecule has 0 bridgehead atoms. The molecule has 2 heterocycles. The Morgan fingerprint density at radius 1 is 1.33 bits per heavy atom. The van der Waals surface area contributed by atoms with Gasteiger partial charge in [-0.05, 0) is 14.1 Å². The standard InChI is InChI=1S/C14H17N3O4/c1-16(2)7-13-15-9-5-11-12(21-4-3-20-11)6-10(9)17(13)8-14(18)19/h5-6H,3-4,7-8H2,1-2H3,(H,18,19). The number of carboxylic acids is 1. The van der Waals surface area contributed by atoms with E-state index >= 15 is 0 Å². The number of fused-ring (bicyclic) bond motifs is 2. The Morgan fingerprint density at radius 2 is 2.00 bits per heavy atom. The van der Waals surface area contributed by atoms with Crippen LogP contribution in [0.25, 0.3) is 11.0 Å². The number of carbonyl (C=O) groups is 1. The summed E-state index contributed by atoms with van der Waals surface area (Å²) in [6.45, 7) is 1.45. The lowest BCUT2D eigenvalue weighted by Crippen LogP contribution is -2.18. The molecular formula is C14H17N3O4. The fourth-order valence-corrected chi connectivity index (χ4v) is 2.43. The summed E-state index contributed by atoms with van der Waals surface area (Å²) in [5.41, 5.74) is 1.47. The monoisotopic (exact) mass is 291 g/mol. The first-order valence-corrected chi connectivity index (χ1v) is 6.70. The van der Waals surface area contributed by atoms with Gasteiger partial charge in [-0.2, -0.15) is 0 Å². The molecule has 7 heteroatoms. The Morgan fingerprint density at radius 3 is 2.62 bits per heavy atom. The van der Waals surface area contributed by atoms with Crippen molar-refractivity contribution in [2.45, 2.75) is 13.1 Å². The van der Waals surface area contributed by atoms with Crippen LogP contribution >= 0.6 is 0 Å². The van der Waals surface area contributed by atoms with Crippen LogP contribution in [0.1, 0.15) is 5.82 Å². The maximum Gasteiger partial charge on any atom is 0.323 e. The van der Waals surface area contributed by atoms with E-state index in [0.717, 1.165) is 11.0 Å². The zero-order valence-corrected chi connectivity index (χ0v) is 12.0. The Hall–Kier alpha value is -2.28. The van der Waals surface area contributed by atoms with Gasteiger partial charge in [0, 0.05) is 12.1 Å². The highest BCUT2D eigenvalue weighted by molar-refractivity contribution is 5.82. The van der Waals surface area contributed by atoms with Crippen LogP contribution in [0.2, 0.25) is 0 Å². The molecule has 0 aliphatic carbocycles. The van der Waals surface area contributed by atoms with Crippen LogP contribution in [-0.2, 0) is 17.9 Å². The molecule has 0 atom stereocenters. The number of hydrogen-bond acceptors (Lipinski definition) is 5. The van der Waals surface area contributed by atoms with Gasteiger partial charge < -0.3 is 24.0 Å². The van der Waals surface area contributed by atoms with Crippen LogP contribution < -0.4 is 9.47 Å². The summed E-state index contributed by atoms with van der Waals surface area (Å²) in [7, 11) is 3.84. The number of rotatable bonds is 4. The molecule has 0 saturated heterocycles. The highest BCUT2D eigenvalue weighted by Gasteiger charge is 2.19. The summed E-state index contributed by atoms with van der Waals surface area (Å²) in [6, 6.07) is 3.61. The summed E-state index contributed by atoms with van der Waals surface area (Å²) in [6.07, 6.45) is 0. The number of carboxylic acid groups (broad SMARTS) is 1. The zero-order chi connectivity index (χ0) is 15.0. The smallest absolute Gasteiger partial charge is 0.323 e. The van der Waals surface area contributed by atoms with Crippen molar-refractivity contribution < 1.29 is 19.4 Å². The van der Waals surface area contributed by atoms with Crippen molar-refractivity contribution in [2.75, 3.05) is 27.3 Å². The Balaban J connectivity index is 2.14. The van der Waals surface area contributed by atoms with Crippen LogP contribution in [-0.4, -0.2) is 52.8 Å². The molecule has 0 unspecified atom stereocenters. The van der Waals surface area contributed by atoms with Gasteiger partial charge in [0.15, 0.2) is 11.5 Å². The maximum absolute atomic E-state index is 11.1. The third kappa shape index (κ3) is 2.64. The first kappa shape index (κ1) is 13.7. The molecule has 1 aromatic carbocycles. The minimum absolute atomic E-state index is 0.126. The third-order valence-electron chi connectivity index (χ3n) is 3.24. The number of hydrogen-bond donors (Lipinski definition) is 1. The van der Waals surface area contributed by atoms with Gasteiger partial charge in [-0.1, -0.05) is 0 Å². The number of ether oxygens (including phenoxy) is 2. The minimum atomic E-state index is -0.899. The predicted octanol–water partition coefficient (Wildman–Crippen LogP) is 0.954. The summed E-state index contributed by atoms with van der Waals surface area (Å²) >= 11 is 0. The highest BCUT2D eigenvalue weighted by atomic mass is 16.6. The van der Waals surface area contributed by atoms with Gasteiger partial charge in [0.2, 0.25) is 0 Å². The molecule has 0 spiro atoms. The highest BCUT2D eigenvalue weighted by Crippen LogP contribution is 2.34. The van der Waals surface area contributed by atoms with Gasteiger partial charge in [0.05, 0.1) is 17.6 Å². The molecule has 0 saturated carbocycles. The largest absolute Gasteiger partial charge is 0.486 e. The second kappa shape index (κ2) is 5.25. The molecule has 1 aliphatic rings. The Kier molecular flexibility index (Phi) is 3.42. The van der Waals surface area contributed by atoms with Crippen LogP contribution in [0.4, 0.5) is 0 Å². The van der Waals surface area contributed by atoms with E-state index < -0.39 is 5.97 Å². The molecule has 21 heavy (non-hydrogen) atoms. The van der Waals surface area contributed by atoms with Gasteiger partial charge in [-0.15, -0.1) is 0 Å². The molecular weight excluding hydrogens is 274 g/mol. The van der Waals surface area contributed by atoms with Gasteiger partial charge >= 0.3 is 5.97 Å². The molecule has 112 valence electrons. The fraction of sp³-hybridized carbons (Fsp3) is 0.429. The number of imidazole rings is 1. The lowest BCUT2D eigenvalue weighted by atomic mass is 10.2. The van der Waals surface area contributed by atoms with E-state index in [1.807, 2.05) is 19.0 Å². The average Bonchev–Trinajstić information content (AvgIpc) is 2.72. The minimum Gasteiger partial charge on any atom is -0.486 e. The molecule has 2 aromatic rings. The van der Waals surface area contributed by atoms with Crippen molar-refractivity contribution in [3.8, 4) is 11.5 Å². The maximum atomic E-state index is 11.1. The lowest BCUT2D eigenvalue weighted by Gasteiger charge is -2.18. The van der Waals surface area contributed by atoms with Gasteiger partial charge in [-0.3, -0.25) is 4.79 Å². The van der Waals surface area contributed by atoms with Crippen LogP contribution in [0, 0.1) is 0 Å². The van der Waals surface area contributed by atoms with Crippen molar-refractivity contribution in [1.82, 2.24) is 14.5 Å². The Labute approximate surface area is 121 Å². The number of benzene rings is 1. The topological polar surface area (TPSA) is 76.8 Å². The quantitative estimate of drug-likeness (QED) is 0.904. The number of aromatic nitrogens is 2. The third-order valence-corrected chi connectivity index (χ3v) is 3.24. The van der Waals surface area contributed by atoms with E-state index in [1.165, 1.54) is 0 Å². The van der Waals surface area contributed by atoms with E-state index in [2.05, 4.69) is 4.98 Å². The molecule has 1 N–H and O–H groups in total. The molecule has 0 amide bonds. The first-order chi connectivity index (χ1) is 10.0. The van der Waals surface area contributed by atoms with E-state index in [4.69, 9.17) is 14.6 Å². The molecule has 0 fully saturated rings. The van der Waals surface area contributed by atoms with Crippen LogP contribution in [0.5, 0.6) is 11.5 Å². The van der Waals surface area contributed by atoms with E-state index in [-0.39, 0.29) is 6.54 Å². The molecule has 0 radical (unpaired) electrons. The lowest BCUT2D eigenvalue weighted by molar-refractivity contribution is -0.137. The van der Waals surface area contributed by atoms with Crippen molar-refractivity contribution in [3.05, 3.63) is 18.0 Å². The Bertz CT molecular complexity index is 693. The first-order valence-electron chi connectivity index (χ1n) is 6.70. The van der Waals surface area contributed by atoms with Crippen molar-refractivity contribution in [3.63, 3.8) is 0 Å². The van der Waals surface area contributed by atoms with Gasteiger partial charge in [-0.25, -0.2) is 4.98 Å². The van der Waals surface area contributed by atoms with Crippen molar-refractivity contribution in [1.29, 1.82) is 0 Å². The van der Waals surface area contributed by atoms with E-state index in [0.29, 0.717) is 37.1 Å². The molecule has 3 rings (SSSR count). The van der Waals surface area contributed by atoms with E-state index in [9.17, 15) is 4.79 Å². The fourth-order valence-electron chi connectivity index (χ4n) is 2.43. The second-order valence-corrected chi connectivity index (χ2v) is 5.23. The molecule has 7 nitrogen and oxygen atoms in total. The van der Waals surface area contributed by atoms with Crippen molar-refractivity contribution in [2.24, 2.45) is 0 Å². The number of aliphatic carboxylic acids is 1. The normalized spacial score (nSPS) is 13.9. The average molecular weight is 291 g/mol.